The van der Waals surface area contributed by atoms with Crippen molar-refractivity contribution < 1.29 is 18.7 Å². The van der Waals surface area contributed by atoms with E-state index in [1.807, 2.05) is 4.90 Å². The first-order valence-corrected chi connectivity index (χ1v) is 8.01. The number of rotatable bonds is 5. The van der Waals surface area contributed by atoms with Gasteiger partial charge in [0, 0.05) is 6.54 Å². The Kier molecular flexibility index (Phi) is 6.36. The van der Waals surface area contributed by atoms with Gasteiger partial charge in [0.15, 0.2) is 0 Å². The van der Waals surface area contributed by atoms with Gasteiger partial charge in [0.2, 0.25) is 5.91 Å². The first kappa shape index (κ1) is 17.7. The van der Waals surface area contributed by atoms with Crippen molar-refractivity contribution in [1.82, 2.24) is 4.90 Å². The largest absolute Gasteiger partial charge is 0.466 e. The number of hydrogen-bond donors (Lipinski definition) is 1. The molecule has 1 aromatic carbocycles. The highest BCUT2D eigenvalue weighted by molar-refractivity contribution is 6.33. The molecule has 1 N–H and O–H groups in total. The summed E-state index contributed by atoms with van der Waals surface area (Å²) >= 11 is 5.89. The average molecular weight is 343 g/mol. The summed E-state index contributed by atoms with van der Waals surface area (Å²) in [5, 5.41) is 2.81. The Morgan fingerprint density at radius 2 is 2.26 bits per heavy atom. The number of ether oxygens (including phenoxy) is 1. The number of carbonyl (C=O) groups excluding carboxylic acids is 2. The number of benzene rings is 1. The van der Waals surface area contributed by atoms with Crippen LogP contribution in [0.1, 0.15) is 19.8 Å². The number of hydrogen-bond acceptors (Lipinski definition) is 4. The van der Waals surface area contributed by atoms with Crippen molar-refractivity contribution in [2.75, 3.05) is 31.6 Å². The molecule has 1 unspecified atom stereocenters. The zero-order valence-corrected chi connectivity index (χ0v) is 13.7. The Balaban J connectivity index is 1.88. The molecule has 1 aliphatic rings. The second-order valence-corrected chi connectivity index (χ2v) is 5.91. The molecule has 1 fully saturated rings. The minimum absolute atomic E-state index is 0.154. The van der Waals surface area contributed by atoms with Gasteiger partial charge < -0.3 is 10.1 Å². The Morgan fingerprint density at radius 3 is 2.96 bits per heavy atom. The van der Waals surface area contributed by atoms with Crippen LogP contribution in [-0.4, -0.2) is 43.0 Å². The molecule has 5 nitrogen and oxygen atoms in total. The second-order valence-electron chi connectivity index (χ2n) is 5.50. The van der Waals surface area contributed by atoms with Gasteiger partial charge in [-0.1, -0.05) is 11.6 Å². The minimum atomic E-state index is -0.457. The van der Waals surface area contributed by atoms with Gasteiger partial charge in [0.05, 0.1) is 29.8 Å². The summed E-state index contributed by atoms with van der Waals surface area (Å²) in [6.07, 6.45) is 1.62. The lowest BCUT2D eigenvalue weighted by molar-refractivity contribution is -0.150. The van der Waals surface area contributed by atoms with E-state index < -0.39 is 5.82 Å². The fraction of sp³-hybridized carbons (Fsp3) is 0.500. The van der Waals surface area contributed by atoms with Gasteiger partial charge in [-0.25, -0.2) is 4.39 Å². The van der Waals surface area contributed by atoms with Gasteiger partial charge in [0.25, 0.3) is 0 Å². The van der Waals surface area contributed by atoms with Crippen molar-refractivity contribution in [3.05, 3.63) is 29.0 Å². The van der Waals surface area contributed by atoms with Crippen LogP contribution >= 0.6 is 11.6 Å². The monoisotopic (exact) mass is 342 g/mol. The van der Waals surface area contributed by atoms with Crippen molar-refractivity contribution in [1.29, 1.82) is 0 Å². The zero-order chi connectivity index (χ0) is 16.8. The van der Waals surface area contributed by atoms with Crippen LogP contribution in [0.15, 0.2) is 18.2 Å². The molecule has 126 valence electrons. The molecule has 1 amide bonds. The summed E-state index contributed by atoms with van der Waals surface area (Å²) in [4.78, 5) is 25.8. The maximum atomic E-state index is 13.0. The van der Waals surface area contributed by atoms with E-state index in [4.69, 9.17) is 16.3 Å². The summed E-state index contributed by atoms with van der Waals surface area (Å²) in [6.45, 7) is 3.55. The lowest BCUT2D eigenvalue weighted by atomic mass is 9.98. The fourth-order valence-corrected chi connectivity index (χ4v) is 2.85. The van der Waals surface area contributed by atoms with E-state index in [1.54, 1.807) is 6.92 Å². The number of nitrogens with zero attached hydrogens (tertiary/aromatic N) is 1. The normalized spacial score (nSPS) is 18.5. The molecule has 0 spiro atoms. The van der Waals surface area contributed by atoms with E-state index in [-0.39, 0.29) is 29.4 Å². The van der Waals surface area contributed by atoms with Gasteiger partial charge in [-0.05, 0) is 44.5 Å². The highest BCUT2D eigenvalue weighted by atomic mass is 35.5. The third-order valence-corrected chi connectivity index (χ3v) is 4.01. The Bertz CT molecular complexity index is 582. The third kappa shape index (κ3) is 5.18. The van der Waals surface area contributed by atoms with Gasteiger partial charge >= 0.3 is 5.97 Å². The number of halogens is 2. The average Bonchev–Trinajstić information content (AvgIpc) is 2.50. The Hall–Kier alpha value is -1.66. The molecule has 0 aliphatic carbocycles. The van der Waals surface area contributed by atoms with E-state index >= 15 is 0 Å². The molecule has 2 rings (SSSR count). The maximum Gasteiger partial charge on any atom is 0.310 e. The van der Waals surface area contributed by atoms with Gasteiger partial charge in [-0.15, -0.1) is 0 Å². The molecular weight excluding hydrogens is 323 g/mol. The van der Waals surface area contributed by atoms with Crippen molar-refractivity contribution >= 4 is 29.2 Å². The molecule has 1 atom stereocenters. The topological polar surface area (TPSA) is 58.6 Å². The minimum Gasteiger partial charge on any atom is -0.466 e. The SMILES string of the molecule is CCOC(=O)C1CCCN(CC(=O)Nc2ccc(F)cc2Cl)C1. The van der Waals surface area contributed by atoms with E-state index in [0.29, 0.717) is 18.8 Å². The standard InChI is InChI=1S/C16H20ClFN2O3/c1-2-23-16(22)11-4-3-7-20(9-11)10-15(21)19-14-6-5-12(18)8-13(14)17/h5-6,8,11H,2-4,7,9-10H2,1H3,(H,19,21). The predicted octanol–water partition coefficient (Wildman–Crippen LogP) is 2.69. The van der Waals surface area contributed by atoms with Crippen LogP contribution in [0.25, 0.3) is 0 Å². The predicted molar refractivity (Wildman–Crippen MR) is 85.8 cm³/mol. The quantitative estimate of drug-likeness (QED) is 0.836. The Morgan fingerprint density at radius 1 is 1.48 bits per heavy atom. The number of anilines is 1. The lowest BCUT2D eigenvalue weighted by Crippen LogP contribution is -2.43. The van der Waals surface area contributed by atoms with Crippen molar-refractivity contribution in [2.24, 2.45) is 5.92 Å². The van der Waals surface area contributed by atoms with Crippen LogP contribution in [0, 0.1) is 11.7 Å². The van der Waals surface area contributed by atoms with E-state index in [2.05, 4.69) is 5.32 Å². The third-order valence-electron chi connectivity index (χ3n) is 3.70. The molecule has 7 heteroatoms. The number of amides is 1. The van der Waals surface area contributed by atoms with Crippen molar-refractivity contribution in [2.45, 2.75) is 19.8 Å². The van der Waals surface area contributed by atoms with E-state index in [9.17, 15) is 14.0 Å². The van der Waals surface area contributed by atoms with Gasteiger partial charge in [-0.2, -0.15) is 0 Å². The van der Waals surface area contributed by atoms with E-state index in [1.165, 1.54) is 12.1 Å². The molecule has 1 aromatic rings. The molecule has 23 heavy (non-hydrogen) atoms. The number of esters is 1. The van der Waals surface area contributed by atoms with Gasteiger partial charge in [0.1, 0.15) is 5.82 Å². The number of nitrogens with one attached hydrogen (secondary N) is 1. The summed E-state index contributed by atoms with van der Waals surface area (Å²) in [5.41, 5.74) is 0.372. The van der Waals surface area contributed by atoms with Crippen LogP contribution in [-0.2, 0) is 14.3 Å². The second kappa shape index (κ2) is 8.26. The number of likely N-dealkylation sites (tertiary alicyclic amines) is 1. The lowest BCUT2D eigenvalue weighted by Gasteiger charge is -2.30. The highest BCUT2D eigenvalue weighted by Crippen LogP contribution is 2.23. The zero-order valence-electron chi connectivity index (χ0n) is 13.0. The summed E-state index contributed by atoms with van der Waals surface area (Å²) in [7, 11) is 0. The van der Waals surface area contributed by atoms with Crippen LogP contribution in [0.2, 0.25) is 5.02 Å². The maximum absolute atomic E-state index is 13.0. The summed E-state index contributed by atoms with van der Waals surface area (Å²) in [5.74, 6) is -1.10. The van der Waals surface area contributed by atoms with E-state index in [0.717, 1.165) is 25.5 Å². The van der Waals surface area contributed by atoms with Crippen molar-refractivity contribution in [3.63, 3.8) is 0 Å². The van der Waals surface area contributed by atoms with Crippen LogP contribution < -0.4 is 5.32 Å². The molecule has 1 heterocycles. The summed E-state index contributed by atoms with van der Waals surface area (Å²) < 4.78 is 18.0. The molecule has 1 aliphatic heterocycles. The number of carbonyl (C=O) groups is 2. The highest BCUT2D eigenvalue weighted by Gasteiger charge is 2.27. The molecule has 0 radical (unpaired) electrons. The van der Waals surface area contributed by atoms with Crippen molar-refractivity contribution in [3.8, 4) is 0 Å². The molecular formula is C16H20ClFN2O3. The molecule has 1 saturated heterocycles. The Labute approximate surface area is 139 Å². The smallest absolute Gasteiger partial charge is 0.310 e. The first-order valence-electron chi connectivity index (χ1n) is 7.63. The van der Waals surface area contributed by atoms with Crippen LogP contribution in [0.3, 0.4) is 0 Å². The molecule has 0 aromatic heterocycles. The fourth-order valence-electron chi connectivity index (χ4n) is 2.64. The molecule has 0 bridgehead atoms. The van der Waals surface area contributed by atoms with Crippen LogP contribution in [0.5, 0.6) is 0 Å². The first-order chi connectivity index (χ1) is 11.0. The van der Waals surface area contributed by atoms with Gasteiger partial charge in [-0.3, -0.25) is 14.5 Å². The van der Waals surface area contributed by atoms with Crippen LogP contribution in [0.4, 0.5) is 10.1 Å². The molecule has 0 saturated carbocycles. The summed E-state index contributed by atoms with van der Waals surface area (Å²) in [6, 6.07) is 3.81. The number of piperidine rings is 1.